The number of hydrogen-bond donors (Lipinski definition) is 0. The summed E-state index contributed by atoms with van der Waals surface area (Å²) in [5.41, 5.74) is 2.26. The van der Waals surface area contributed by atoms with E-state index in [1.807, 2.05) is 30.3 Å². The Hall–Kier alpha value is -1.57. The van der Waals surface area contributed by atoms with Gasteiger partial charge in [0.2, 0.25) is 0 Å². The van der Waals surface area contributed by atoms with E-state index in [2.05, 4.69) is 0 Å². The summed E-state index contributed by atoms with van der Waals surface area (Å²) in [6.45, 7) is 0. The van der Waals surface area contributed by atoms with Crippen molar-refractivity contribution in [2.45, 2.75) is 12.8 Å². The van der Waals surface area contributed by atoms with Crippen LogP contribution in [0, 0.1) is 0 Å². The molecular formula is C12H12O2. The minimum Gasteiger partial charge on any atom is -0.497 e. The van der Waals surface area contributed by atoms with Crippen molar-refractivity contribution >= 4 is 11.4 Å². The third kappa shape index (κ3) is 1.69. The van der Waals surface area contributed by atoms with Crippen molar-refractivity contribution in [2.24, 2.45) is 0 Å². The summed E-state index contributed by atoms with van der Waals surface area (Å²) < 4.78 is 5.07. The molecule has 0 unspecified atom stereocenters. The standard InChI is InChI=1S/C12H12O2/c1-14-12-6-3-9(4-7-12)10-2-5-11(13)8-10/h2-4,6-7H,5,8H2,1H3. The van der Waals surface area contributed by atoms with Crippen molar-refractivity contribution in [3.05, 3.63) is 35.9 Å². The zero-order valence-electron chi connectivity index (χ0n) is 8.12. The van der Waals surface area contributed by atoms with E-state index in [4.69, 9.17) is 4.74 Å². The summed E-state index contributed by atoms with van der Waals surface area (Å²) in [7, 11) is 1.65. The summed E-state index contributed by atoms with van der Waals surface area (Å²) in [6.07, 6.45) is 3.16. The molecule has 0 radical (unpaired) electrons. The number of ether oxygens (including phenoxy) is 1. The van der Waals surface area contributed by atoms with Gasteiger partial charge in [0.1, 0.15) is 11.5 Å². The maximum atomic E-state index is 11.1. The van der Waals surface area contributed by atoms with E-state index in [0.29, 0.717) is 18.6 Å². The lowest BCUT2D eigenvalue weighted by atomic mass is 10.1. The molecule has 1 aliphatic rings. The number of rotatable bonds is 2. The fourth-order valence-corrected chi connectivity index (χ4v) is 1.62. The van der Waals surface area contributed by atoms with Crippen LogP contribution in [-0.2, 0) is 4.79 Å². The Morgan fingerprint density at radius 1 is 1.21 bits per heavy atom. The van der Waals surface area contributed by atoms with Crippen molar-refractivity contribution in [2.75, 3.05) is 7.11 Å². The van der Waals surface area contributed by atoms with Crippen LogP contribution in [0.2, 0.25) is 0 Å². The highest BCUT2D eigenvalue weighted by Gasteiger charge is 2.13. The number of carbonyl (C=O) groups excluding carboxylic acids is 1. The maximum Gasteiger partial charge on any atom is 0.141 e. The van der Waals surface area contributed by atoms with Gasteiger partial charge in [-0.25, -0.2) is 0 Å². The van der Waals surface area contributed by atoms with Gasteiger partial charge in [-0.2, -0.15) is 0 Å². The summed E-state index contributed by atoms with van der Waals surface area (Å²) in [5, 5.41) is 0. The summed E-state index contributed by atoms with van der Waals surface area (Å²) in [4.78, 5) is 11.1. The average Bonchev–Trinajstić information content (AvgIpc) is 2.65. The Morgan fingerprint density at radius 2 is 1.93 bits per heavy atom. The van der Waals surface area contributed by atoms with Gasteiger partial charge in [-0.1, -0.05) is 18.2 Å². The van der Waals surface area contributed by atoms with E-state index >= 15 is 0 Å². The Balaban J connectivity index is 2.21. The van der Waals surface area contributed by atoms with Crippen LogP contribution in [0.3, 0.4) is 0 Å². The van der Waals surface area contributed by atoms with Crippen molar-refractivity contribution in [1.82, 2.24) is 0 Å². The molecule has 0 atom stereocenters. The first-order chi connectivity index (χ1) is 6.79. The minimum atomic E-state index is 0.302. The van der Waals surface area contributed by atoms with Gasteiger partial charge in [-0.3, -0.25) is 4.79 Å². The molecule has 0 heterocycles. The summed E-state index contributed by atoms with van der Waals surface area (Å²) in [6, 6.07) is 7.81. The number of benzene rings is 1. The number of carbonyl (C=O) groups is 1. The molecule has 0 fully saturated rings. The van der Waals surface area contributed by atoms with Crippen molar-refractivity contribution in [1.29, 1.82) is 0 Å². The molecular weight excluding hydrogens is 176 g/mol. The molecule has 72 valence electrons. The monoisotopic (exact) mass is 188 g/mol. The molecule has 0 spiro atoms. The van der Waals surface area contributed by atoms with Gasteiger partial charge in [0, 0.05) is 12.8 Å². The lowest BCUT2D eigenvalue weighted by molar-refractivity contribution is -0.116. The van der Waals surface area contributed by atoms with Gasteiger partial charge in [0.15, 0.2) is 0 Å². The highest BCUT2D eigenvalue weighted by Crippen LogP contribution is 2.26. The Bertz CT molecular complexity index is 374. The Labute approximate surface area is 83.2 Å². The molecule has 1 aromatic rings. The topological polar surface area (TPSA) is 26.3 Å². The lowest BCUT2D eigenvalue weighted by Crippen LogP contribution is -1.89. The third-order valence-corrected chi connectivity index (χ3v) is 2.42. The van der Waals surface area contributed by atoms with Crippen LogP contribution in [0.25, 0.3) is 5.57 Å². The largest absolute Gasteiger partial charge is 0.497 e. The molecule has 0 bridgehead atoms. The van der Waals surface area contributed by atoms with E-state index in [0.717, 1.165) is 16.9 Å². The predicted molar refractivity (Wildman–Crippen MR) is 55.2 cm³/mol. The number of ketones is 1. The highest BCUT2D eigenvalue weighted by atomic mass is 16.5. The molecule has 0 N–H and O–H groups in total. The molecule has 1 aromatic carbocycles. The fourth-order valence-electron chi connectivity index (χ4n) is 1.62. The van der Waals surface area contributed by atoms with E-state index < -0.39 is 0 Å². The van der Waals surface area contributed by atoms with Gasteiger partial charge in [-0.15, -0.1) is 0 Å². The van der Waals surface area contributed by atoms with E-state index in [1.165, 1.54) is 0 Å². The normalized spacial score (nSPS) is 15.5. The second kappa shape index (κ2) is 3.66. The first kappa shape index (κ1) is 9.00. The van der Waals surface area contributed by atoms with Gasteiger partial charge >= 0.3 is 0 Å². The summed E-state index contributed by atoms with van der Waals surface area (Å²) in [5.74, 6) is 1.15. The van der Waals surface area contributed by atoms with E-state index in [9.17, 15) is 4.79 Å². The average molecular weight is 188 g/mol. The molecule has 0 aliphatic heterocycles. The molecule has 0 saturated carbocycles. The SMILES string of the molecule is COc1ccc(C2=CCC(=O)C2)cc1. The van der Waals surface area contributed by atoms with E-state index in [1.54, 1.807) is 7.11 Å². The van der Waals surface area contributed by atoms with Crippen molar-refractivity contribution in [3.8, 4) is 5.75 Å². The molecule has 0 amide bonds. The third-order valence-electron chi connectivity index (χ3n) is 2.42. The van der Waals surface area contributed by atoms with Gasteiger partial charge in [-0.05, 0) is 23.3 Å². The van der Waals surface area contributed by atoms with Crippen LogP contribution < -0.4 is 4.74 Å². The maximum absolute atomic E-state index is 11.1. The minimum absolute atomic E-state index is 0.302. The van der Waals surface area contributed by atoms with Crippen LogP contribution in [0.5, 0.6) is 5.75 Å². The Kier molecular flexibility index (Phi) is 2.35. The number of hydrogen-bond acceptors (Lipinski definition) is 2. The van der Waals surface area contributed by atoms with Crippen LogP contribution in [0.4, 0.5) is 0 Å². The number of methoxy groups -OCH3 is 1. The molecule has 2 rings (SSSR count). The molecule has 1 aliphatic carbocycles. The van der Waals surface area contributed by atoms with Crippen LogP contribution in [-0.4, -0.2) is 12.9 Å². The smallest absolute Gasteiger partial charge is 0.141 e. The van der Waals surface area contributed by atoms with Crippen LogP contribution in [0.15, 0.2) is 30.3 Å². The quantitative estimate of drug-likeness (QED) is 0.712. The van der Waals surface area contributed by atoms with Crippen molar-refractivity contribution in [3.63, 3.8) is 0 Å². The van der Waals surface area contributed by atoms with Gasteiger partial charge in [0.25, 0.3) is 0 Å². The van der Waals surface area contributed by atoms with Crippen LogP contribution in [0.1, 0.15) is 18.4 Å². The predicted octanol–water partition coefficient (Wildman–Crippen LogP) is 2.44. The highest BCUT2D eigenvalue weighted by molar-refractivity contribution is 5.96. The molecule has 2 nitrogen and oxygen atoms in total. The van der Waals surface area contributed by atoms with Crippen molar-refractivity contribution < 1.29 is 9.53 Å². The number of allylic oxidation sites excluding steroid dienone is 2. The summed E-state index contributed by atoms with van der Waals surface area (Å²) >= 11 is 0. The van der Waals surface area contributed by atoms with Crippen LogP contribution >= 0.6 is 0 Å². The molecule has 0 aromatic heterocycles. The molecule has 2 heteroatoms. The zero-order chi connectivity index (χ0) is 9.97. The Morgan fingerprint density at radius 3 is 2.43 bits per heavy atom. The number of Topliss-reactive ketones (excluding diaryl/α,β-unsaturated/α-hetero) is 1. The fraction of sp³-hybridized carbons (Fsp3) is 0.250. The molecule has 0 saturated heterocycles. The van der Waals surface area contributed by atoms with Gasteiger partial charge < -0.3 is 4.74 Å². The first-order valence-electron chi connectivity index (χ1n) is 4.65. The second-order valence-corrected chi connectivity index (χ2v) is 3.38. The first-order valence-corrected chi connectivity index (χ1v) is 4.65. The van der Waals surface area contributed by atoms with E-state index in [-0.39, 0.29) is 0 Å². The lowest BCUT2D eigenvalue weighted by Gasteiger charge is -2.03. The zero-order valence-corrected chi connectivity index (χ0v) is 8.12. The van der Waals surface area contributed by atoms with Gasteiger partial charge in [0.05, 0.1) is 7.11 Å². The second-order valence-electron chi connectivity index (χ2n) is 3.38. The molecule has 14 heavy (non-hydrogen) atoms.